The van der Waals surface area contributed by atoms with Crippen LogP contribution in [0.1, 0.15) is 306 Å². The van der Waals surface area contributed by atoms with Gasteiger partial charge in [0, 0.05) is 55.7 Å². The Kier molecular flexibility index (Phi) is 17.9. The first-order valence-electron chi connectivity index (χ1n) is 42.9. The van der Waals surface area contributed by atoms with Crippen LogP contribution in [0, 0.1) is 0 Å². The average Bonchev–Trinajstić information content (AvgIpc) is 1.27. The first-order valence-corrected chi connectivity index (χ1v) is 42.9. The van der Waals surface area contributed by atoms with Crippen molar-refractivity contribution in [3.8, 4) is 22.5 Å². The molecule has 2 aliphatic heterocycles. The molecule has 0 N–H and O–H groups in total. The summed E-state index contributed by atoms with van der Waals surface area (Å²) in [6.45, 7) is 35.7. The highest BCUT2D eigenvalue weighted by atomic mass is 15.2. The Morgan fingerprint density at radius 1 is 0.266 bits per heavy atom. The Morgan fingerprint density at radius 3 is 0.908 bits per heavy atom. The number of hydrogen-bond donors (Lipinski definition) is 0. The number of hydrogen-bond acceptors (Lipinski definition) is 2. The largest absolute Gasteiger partial charge is 0.311 e. The molecule has 0 amide bonds. The zero-order chi connectivity index (χ0) is 75.4. The molecule has 5 heteroatoms. The van der Waals surface area contributed by atoms with Gasteiger partial charge in [-0.3, -0.25) is 0 Å². The van der Waals surface area contributed by atoms with E-state index in [1.54, 1.807) is 22.3 Å². The van der Waals surface area contributed by atoms with E-state index in [1.165, 1.54) is 273 Å². The molecule has 558 valence electrons. The van der Waals surface area contributed by atoms with Crippen molar-refractivity contribution in [1.29, 1.82) is 0 Å². The lowest BCUT2D eigenvalue weighted by atomic mass is 9.33. The minimum atomic E-state index is -0.185. The van der Waals surface area contributed by atoms with Gasteiger partial charge in [0.2, 0.25) is 0 Å². The minimum absolute atomic E-state index is 0.00794. The third kappa shape index (κ3) is 12.6. The number of para-hydroxylation sites is 2. The standard InChI is InChI=1S/C104H119BN4/c1-100(2,3)72-45-54-89-83(59-72)84-60-73(101(4,5)6)46-55-90(84)106(89)77-49-42-66(43-50-77)71-44-52-87-93(58-71)108(98-79(67-30-20-16-21-31-67)38-28-39-80(98)68-32-22-17-23-33-68)95-63-76(104(13,14)15)64-96-97(95)105(87)88-53-51-78(107-91-56-47-74(102(7,8)9)61-85(91)86-62-75(103(10,11)12)48-57-92(86)107)65-94(88)109(96)99-81(69-34-24-18-25-35-69)40-29-41-82(99)70-36-26-19-27-37-70/h28-29,38-65,67-70H,16-27,30-37H2,1-15H3. The summed E-state index contributed by atoms with van der Waals surface area (Å²) in [7, 11) is 0. The van der Waals surface area contributed by atoms with Crippen LogP contribution in [0.5, 0.6) is 0 Å². The van der Waals surface area contributed by atoms with Crippen molar-refractivity contribution >= 4 is 101 Å². The molecule has 4 fully saturated rings. The van der Waals surface area contributed by atoms with Gasteiger partial charge in [0.1, 0.15) is 0 Å². The van der Waals surface area contributed by atoms with Gasteiger partial charge in [-0.25, -0.2) is 0 Å². The summed E-state index contributed by atoms with van der Waals surface area (Å²) in [6.07, 6.45) is 25.5. The van der Waals surface area contributed by atoms with E-state index in [9.17, 15) is 0 Å². The maximum absolute atomic E-state index is 2.97. The highest BCUT2D eigenvalue weighted by Gasteiger charge is 2.47. The second kappa shape index (κ2) is 27.2. The first kappa shape index (κ1) is 72.0. The predicted octanol–water partition coefficient (Wildman–Crippen LogP) is 28.3. The zero-order valence-corrected chi connectivity index (χ0v) is 68.6. The Labute approximate surface area is 653 Å². The van der Waals surface area contributed by atoms with E-state index in [1.807, 2.05) is 0 Å². The fourth-order valence-electron chi connectivity index (χ4n) is 21.1. The fraction of sp³-hybridized carbons (Fsp3) is 0.423. The molecule has 0 atom stereocenters. The summed E-state index contributed by atoms with van der Waals surface area (Å²) in [4.78, 5) is 5.93. The summed E-state index contributed by atoms with van der Waals surface area (Å²) in [5, 5.41) is 5.31. The summed E-state index contributed by atoms with van der Waals surface area (Å²) in [5.41, 5.74) is 35.6. The quantitative estimate of drug-likeness (QED) is 0.134. The molecule has 0 bridgehead atoms. The van der Waals surface area contributed by atoms with E-state index in [2.05, 4.69) is 305 Å². The van der Waals surface area contributed by atoms with Crippen LogP contribution in [0.3, 0.4) is 0 Å². The third-order valence-electron chi connectivity index (χ3n) is 27.5. The number of rotatable bonds is 9. The van der Waals surface area contributed by atoms with Gasteiger partial charge in [0.15, 0.2) is 0 Å². The second-order valence-electron chi connectivity index (χ2n) is 39.9. The van der Waals surface area contributed by atoms with Crippen molar-refractivity contribution in [3.05, 3.63) is 232 Å². The molecule has 0 unspecified atom stereocenters. The second-order valence-corrected chi connectivity index (χ2v) is 39.9. The minimum Gasteiger partial charge on any atom is -0.311 e. The third-order valence-corrected chi connectivity index (χ3v) is 27.5. The van der Waals surface area contributed by atoms with Gasteiger partial charge in [0.05, 0.1) is 33.4 Å². The van der Waals surface area contributed by atoms with E-state index < -0.39 is 0 Å². The number of nitrogens with zero attached hydrogens (tertiary/aromatic N) is 4. The van der Waals surface area contributed by atoms with E-state index in [4.69, 9.17) is 0 Å². The topological polar surface area (TPSA) is 16.3 Å². The number of aromatic nitrogens is 2. The van der Waals surface area contributed by atoms with Crippen molar-refractivity contribution in [3.63, 3.8) is 0 Å². The maximum atomic E-state index is 2.97. The van der Waals surface area contributed by atoms with Gasteiger partial charge in [-0.15, -0.1) is 0 Å². The smallest absolute Gasteiger partial charge is 0.252 e. The SMILES string of the molecule is CC(C)(C)c1cc2c3c(c1)N(c1c(C4CCCCC4)cccc1C1CCCCC1)c1cc(-n4c5ccc(C(C)(C)C)cc5c5cc(C(C)(C)C)ccc54)ccc1B3c1ccc(-c3ccc(-n4c5ccc(C(C)(C)C)cc5c5cc(C(C)(C)C)ccc54)cc3)cc1N2c1c(C2CCCCC2)cccc1C1CCCCC1. The normalized spacial score (nSPS) is 17.5. The molecule has 109 heavy (non-hydrogen) atoms. The van der Waals surface area contributed by atoms with E-state index in [0.29, 0.717) is 23.7 Å². The van der Waals surface area contributed by atoms with Crippen LogP contribution in [0.15, 0.2) is 182 Å². The van der Waals surface area contributed by atoms with Crippen molar-refractivity contribution in [1.82, 2.24) is 9.13 Å². The summed E-state index contributed by atoms with van der Waals surface area (Å²) in [6, 6.07) is 75.6. The Morgan fingerprint density at radius 2 is 0.569 bits per heavy atom. The lowest BCUT2D eigenvalue weighted by Gasteiger charge is -2.47. The fourth-order valence-corrected chi connectivity index (χ4v) is 21.1. The number of anilines is 6. The summed E-state index contributed by atoms with van der Waals surface area (Å²) < 4.78 is 5.19. The summed E-state index contributed by atoms with van der Waals surface area (Å²) >= 11 is 0. The number of benzene rings is 10. The maximum Gasteiger partial charge on any atom is 0.252 e. The van der Waals surface area contributed by atoms with Crippen LogP contribution in [0.2, 0.25) is 0 Å². The average molecular weight is 1440 g/mol. The molecule has 12 aromatic rings. The molecular formula is C104H119BN4. The predicted molar refractivity (Wildman–Crippen MR) is 471 cm³/mol. The molecule has 0 radical (unpaired) electrons. The van der Waals surface area contributed by atoms with E-state index in [-0.39, 0.29) is 33.8 Å². The van der Waals surface area contributed by atoms with Crippen LogP contribution >= 0.6 is 0 Å². The van der Waals surface area contributed by atoms with E-state index >= 15 is 0 Å². The molecule has 18 rings (SSSR count). The zero-order valence-electron chi connectivity index (χ0n) is 68.6. The van der Waals surface area contributed by atoms with Crippen molar-refractivity contribution in [2.75, 3.05) is 9.80 Å². The van der Waals surface area contributed by atoms with Crippen molar-refractivity contribution in [2.45, 2.75) is 283 Å². The van der Waals surface area contributed by atoms with E-state index in [0.717, 1.165) is 0 Å². The van der Waals surface area contributed by atoms with Gasteiger partial charge in [-0.2, -0.15) is 0 Å². The van der Waals surface area contributed by atoms with Crippen LogP contribution in [0.4, 0.5) is 34.1 Å². The molecule has 0 spiro atoms. The van der Waals surface area contributed by atoms with Crippen LogP contribution in [0.25, 0.3) is 66.1 Å². The Hall–Kier alpha value is -8.54. The molecule has 6 aliphatic rings. The lowest BCUT2D eigenvalue weighted by Crippen LogP contribution is -2.61. The highest BCUT2D eigenvalue weighted by molar-refractivity contribution is 7.00. The van der Waals surface area contributed by atoms with Gasteiger partial charge >= 0.3 is 0 Å². The Bertz CT molecular complexity index is 5300. The van der Waals surface area contributed by atoms with Gasteiger partial charge in [-0.05, 0) is 271 Å². The van der Waals surface area contributed by atoms with Gasteiger partial charge in [0.25, 0.3) is 6.71 Å². The van der Waals surface area contributed by atoms with Gasteiger partial charge < -0.3 is 18.9 Å². The molecule has 10 aromatic carbocycles. The summed E-state index contributed by atoms with van der Waals surface area (Å²) in [5.74, 6) is 1.95. The monoisotopic (exact) mass is 1430 g/mol. The first-order chi connectivity index (χ1) is 52.2. The lowest BCUT2D eigenvalue weighted by molar-refractivity contribution is 0.436. The van der Waals surface area contributed by atoms with Crippen LogP contribution in [-0.4, -0.2) is 15.8 Å². The van der Waals surface area contributed by atoms with Crippen molar-refractivity contribution < 1.29 is 0 Å². The van der Waals surface area contributed by atoms with Gasteiger partial charge in [-0.1, -0.05) is 272 Å². The molecule has 4 heterocycles. The van der Waals surface area contributed by atoms with Crippen LogP contribution in [-0.2, 0) is 27.1 Å². The Balaban J connectivity index is 0.920. The van der Waals surface area contributed by atoms with Crippen molar-refractivity contribution in [2.24, 2.45) is 0 Å². The molecule has 4 aliphatic carbocycles. The molecular weight excluding hydrogens is 1320 g/mol. The number of fused-ring (bicyclic) bond motifs is 10. The molecule has 4 saturated carbocycles. The molecule has 4 nitrogen and oxygen atoms in total. The molecule has 2 aromatic heterocycles. The van der Waals surface area contributed by atoms with Crippen LogP contribution < -0.4 is 26.2 Å². The molecule has 0 saturated heterocycles. The highest BCUT2D eigenvalue weighted by Crippen LogP contribution is 2.56.